The molecule has 0 aliphatic rings. The van der Waals surface area contributed by atoms with E-state index in [1.807, 2.05) is 0 Å². The summed E-state index contributed by atoms with van der Waals surface area (Å²) < 4.78 is 22.8. The van der Waals surface area contributed by atoms with Gasteiger partial charge in [-0.1, -0.05) is 0 Å². The van der Waals surface area contributed by atoms with Gasteiger partial charge in [0.2, 0.25) is 22.2 Å². The van der Waals surface area contributed by atoms with Crippen LogP contribution in [0, 0.1) is 10.1 Å². The third kappa shape index (κ3) is 4.00. The number of anilines is 1. The highest BCUT2D eigenvalue weighted by atomic mass is 32.2. The van der Waals surface area contributed by atoms with Gasteiger partial charge < -0.3 is 15.4 Å². The van der Waals surface area contributed by atoms with Crippen molar-refractivity contribution in [3.63, 3.8) is 0 Å². The Labute approximate surface area is 97.8 Å². The lowest BCUT2D eigenvalue weighted by Gasteiger charge is -2.05. The number of nitrogens with zero attached hydrogens (tertiary/aromatic N) is 3. The van der Waals surface area contributed by atoms with Crippen LogP contribution in [0.4, 0.5) is 11.6 Å². The fourth-order valence-electron chi connectivity index (χ4n) is 1.24. The predicted molar refractivity (Wildman–Crippen MR) is 60.9 cm³/mol. The SMILES string of the molecule is Cn1cnc([N+](=O)[O-])c1NCCCS(N)(=O)=O. The molecule has 10 heteroatoms. The normalized spacial score (nSPS) is 11.4. The molecule has 0 radical (unpaired) electrons. The average Bonchev–Trinajstić information content (AvgIpc) is 2.53. The second kappa shape index (κ2) is 5.10. The molecule has 0 unspecified atom stereocenters. The van der Waals surface area contributed by atoms with Crippen LogP contribution < -0.4 is 10.5 Å². The molecule has 0 saturated heterocycles. The standard InChI is InChI=1S/C7H13N5O4S/c1-11-5-10-7(12(13)14)6(11)9-3-2-4-17(8,15)16/h5,9H,2-4H2,1H3,(H2,8,15,16). The fraction of sp³-hybridized carbons (Fsp3) is 0.571. The molecule has 0 aliphatic heterocycles. The van der Waals surface area contributed by atoms with Crippen molar-refractivity contribution < 1.29 is 13.3 Å². The number of sulfonamides is 1. The molecule has 0 aliphatic carbocycles. The van der Waals surface area contributed by atoms with Gasteiger partial charge >= 0.3 is 5.82 Å². The van der Waals surface area contributed by atoms with Crippen LogP contribution in [0.1, 0.15) is 6.42 Å². The van der Waals surface area contributed by atoms with Crippen LogP contribution in [0.3, 0.4) is 0 Å². The zero-order valence-electron chi connectivity index (χ0n) is 9.16. The van der Waals surface area contributed by atoms with Gasteiger partial charge in [0.1, 0.15) is 0 Å². The van der Waals surface area contributed by atoms with Crippen molar-refractivity contribution in [2.45, 2.75) is 6.42 Å². The Balaban J connectivity index is 2.57. The minimum Gasteiger partial charge on any atom is -0.364 e. The zero-order chi connectivity index (χ0) is 13.1. The first-order valence-electron chi connectivity index (χ1n) is 4.71. The van der Waals surface area contributed by atoms with E-state index in [0.717, 1.165) is 0 Å². The van der Waals surface area contributed by atoms with E-state index in [9.17, 15) is 18.5 Å². The number of aromatic nitrogens is 2. The van der Waals surface area contributed by atoms with Gasteiger partial charge in [0.25, 0.3) is 0 Å². The molecule has 1 aromatic heterocycles. The highest BCUT2D eigenvalue weighted by molar-refractivity contribution is 7.89. The van der Waals surface area contributed by atoms with Gasteiger partial charge in [-0.3, -0.25) is 4.57 Å². The van der Waals surface area contributed by atoms with Crippen molar-refractivity contribution in [1.82, 2.24) is 9.55 Å². The molecule has 1 heterocycles. The number of hydrogen-bond acceptors (Lipinski definition) is 6. The summed E-state index contributed by atoms with van der Waals surface area (Å²) in [6.45, 7) is 0.261. The molecule has 17 heavy (non-hydrogen) atoms. The van der Waals surface area contributed by atoms with Crippen molar-refractivity contribution in [1.29, 1.82) is 0 Å². The molecule has 0 saturated carbocycles. The minimum atomic E-state index is -3.50. The van der Waals surface area contributed by atoms with Crippen LogP contribution in [0.25, 0.3) is 0 Å². The van der Waals surface area contributed by atoms with E-state index in [4.69, 9.17) is 5.14 Å². The van der Waals surface area contributed by atoms with Crippen molar-refractivity contribution in [2.75, 3.05) is 17.6 Å². The van der Waals surface area contributed by atoms with E-state index in [-0.39, 0.29) is 30.4 Å². The summed E-state index contributed by atoms with van der Waals surface area (Å²) in [7, 11) is -1.90. The highest BCUT2D eigenvalue weighted by Crippen LogP contribution is 2.20. The molecular formula is C7H13N5O4S. The summed E-state index contributed by atoms with van der Waals surface area (Å²) in [5.74, 6) is -0.224. The van der Waals surface area contributed by atoms with Gasteiger partial charge in [0.05, 0.1) is 5.75 Å². The summed E-state index contributed by atoms with van der Waals surface area (Å²) in [5.41, 5.74) is 0. The molecule has 1 aromatic rings. The number of nitrogens with one attached hydrogen (secondary N) is 1. The number of imidazole rings is 1. The molecule has 3 N–H and O–H groups in total. The first-order valence-corrected chi connectivity index (χ1v) is 6.43. The number of hydrogen-bond donors (Lipinski definition) is 2. The zero-order valence-corrected chi connectivity index (χ0v) is 9.98. The molecule has 0 spiro atoms. The maximum atomic E-state index is 10.7. The van der Waals surface area contributed by atoms with Crippen molar-refractivity contribution in [3.8, 4) is 0 Å². The lowest BCUT2D eigenvalue weighted by Crippen LogP contribution is -2.19. The van der Waals surface area contributed by atoms with Gasteiger partial charge in [-0.25, -0.2) is 13.6 Å². The van der Waals surface area contributed by atoms with Gasteiger partial charge in [-0.2, -0.15) is 0 Å². The second-order valence-electron chi connectivity index (χ2n) is 3.43. The Morgan fingerprint density at radius 1 is 1.65 bits per heavy atom. The molecule has 96 valence electrons. The van der Waals surface area contributed by atoms with Crippen LogP contribution in [0.5, 0.6) is 0 Å². The summed E-state index contributed by atoms with van der Waals surface area (Å²) in [4.78, 5) is 13.6. The maximum Gasteiger partial charge on any atom is 0.406 e. The molecule has 0 amide bonds. The van der Waals surface area contributed by atoms with Crippen LogP contribution in [0.2, 0.25) is 0 Å². The van der Waals surface area contributed by atoms with Crippen LogP contribution in [-0.4, -0.2) is 35.2 Å². The lowest BCUT2D eigenvalue weighted by molar-refractivity contribution is -0.388. The second-order valence-corrected chi connectivity index (χ2v) is 5.17. The maximum absolute atomic E-state index is 10.7. The summed E-state index contributed by atoms with van der Waals surface area (Å²) >= 11 is 0. The summed E-state index contributed by atoms with van der Waals surface area (Å²) in [6, 6.07) is 0. The first kappa shape index (κ1) is 13.4. The predicted octanol–water partition coefficient (Wildman–Crippen LogP) is -0.581. The fourth-order valence-corrected chi connectivity index (χ4v) is 1.78. The third-order valence-electron chi connectivity index (χ3n) is 1.99. The van der Waals surface area contributed by atoms with Crippen molar-refractivity contribution >= 4 is 21.7 Å². The Morgan fingerprint density at radius 3 is 2.82 bits per heavy atom. The smallest absolute Gasteiger partial charge is 0.364 e. The number of nitrogens with two attached hydrogens (primary N) is 1. The molecule has 0 aromatic carbocycles. The minimum absolute atomic E-state index is 0.175. The third-order valence-corrected chi connectivity index (χ3v) is 2.85. The Kier molecular flexibility index (Phi) is 4.02. The largest absolute Gasteiger partial charge is 0.406 e. The van der Waals surface area contributed by atoms with E-state index in [1.165, 1.54) is 10.9 Å². The van der Waals surface area contributed by atoms with Crippen molar-refractivity contribution in [3.05, 3.63) is 16.4 Å². The molecule has 9 nitrogen and oxygen atoms in total. The number of nitro groups is 1. The Morgan fingerprint density at radius 2 is 2.29 bits per heavy atom. The van der Waals surface area contributed by atoms with Crippen LogP contribution in [0.15, 0.2) is 6.33 Å². The van der Waals surface area contributed by atoms with Crippen LogP contribution in [-0.2, 0) is 17.1 Å². The molecular weight excluding hydrogens is 250 g/mol. The monoisotopic (exact) mass is 263 g/mol. The molecule has 0 bridgehead atoms. The molecule has 0 atom stereocenters. The van der Waals surface area contributed by atoms with E-state index >= 15 is 0 Å². The average molecular weight is 263 g/mol. The van der Waals surface area contributed by atoms with Gasteiger partial charge in [0, 0.05) is 13.6 Å². The van der Waals surface area contributed by atoms with Gasteiger partial charge in [0.15, 0.2) is 0 Å². The van der Waals surface area contributed by atoms with Gasteiger partial charge in [-0.05, 0) is 16.3 Å². The number of primary sulfonamides is 1. The number of rotatable bonds is 6. The highest BCUT2D eigenvalue weighted by Gasteiger charge is 2.19. The molecule has 0 fully saturated rings. The summed E-state index contributed by atoms with van der Waals surface area (Å²) in [5, 5.41) is 18.2. The Hall–Kier alpha value is -1.68. The van der Waals surface area contributed by atoms with Gasteiger partial charge in [-0.15, -0.1) is 0 Å². The van der Waals surface area contributed by atoms with E-state index in [0.29, 0.717) is 0 Å². The lowest BCUT2D eigenvalue weighted by atomic mass is 10.4. The van der Waals surface area contributed by atoms with E-state index in [2.05, 4.69) is 10.3 Å². The van der Waals surface area contributed by atoms with Crippen LogP contribution >= 0.6 is 0 Å². The Bertz CT molecular complexity index is 508. The van der Waals surface area contributed by atoms with Crippen molar-refractivity contribution in [2.24, 2.45) is 12.2 Å². The topological polar surface area (TPSA) is 133 Å². The summed E-state index contributed by atoms with van der Waals surface area (Å²) in [6.07, 6.45) is 1.57. The van der Waals surface area contributed by atoms with E-state index in [1.54, 1.807) is 7.05 Å². The van der Waals surface area contributed by atoms with E-state index < -0.39 is 14.9 Å². The molecule has 1 rings (SSSR count). The number of aryl methyl sites for hydroxylation is 1. The first-order chi connectivity index (χ1) is 7.81. The quantitative estimate of drug-likeness (QED) is 0.400.